The highest BCUT2D eigenvalue weighted by molar-refractivity contribution is 5.81. The number of carbonyl (C=O) groups is 1. The fourth-order valence-electron chi connectivity index (χ4n) is 3.22. The molecule has 2 unspecified atom stereocenters. The highest BCUT2D eigenvalue weighted by Gasteiger charge is 2.26. The van der Waals surface area contributed by atoms with E-state index in [0.717, 1.165) is 44.2 Å². The number of nitrogens with zero attached hydrogens (tertiary/aromatic N) is 1. The Morgan fingerprint density at radius 2 is 2.08 bits per heavy atom. The van der Waals surface area contributed by atoms with E-state index in [9.17, 15) is 4.79 Å². The van der Waals surface area contributed by atoms with Crippen molar-refractivity contribution in [1.29, 1.82) is 0 Å². The zero-order valence-electron chi connectivity index (χ0n) is 14.7. The number of benzene rings is 1. The summed E-state index contributed by atoms with van der Waals surface area (Å²) in [6, 6.07) is 8.14. The van der Waals surface area contributed by atoms with E-state index < -0.39 is 6.10 Å². The van der Waals surface area contributed by atoms with Gasteiger partial charge in [-0.25, -0.2) is 0 Å². The van der Waals surface area contributed by atoms with E-state index >= 15 is 0 Å². The number of hydrogen-bond acceptors (Lipinski definition) is 6. The number of amides is 1. The van der Waals surface area contributed by atoms with Crippen molar-refractivity contribution in [2.24, 2.45) is 0 Å². The van der Waals surface area contributed by atoms with Crippen LogP contribution in [-0.4, -0.2) is 76.6 Å². The van der Waals surface area contributed by atoms with Crippen LogP contribution in [0.5, 0.6) is 5.75 Å². The molecule has 1 amide bonds. The van der Waals surface area contributed by atoms with Gasteiger partial charge in [0.15, 0.2) is 0 Å². The van der Waals surface area contributed by atoms with Crippen LogP contribution in [0.1, 0.15) is 11.6 Å². The lowest BCUT2D eigenvalue weighted by molar-refractivity contribution is -0.134. The van der Waals surface area contributed by atoms with E-state index in [2.05, 4.69) is 27.7 Å². The first-order chi connectivity index (χ1) is 12.3. The van der Waals surface area contributed by atoms with Gasteiger partial charge >= 0.3 is 0 Å². The van der Waals surface area contributed by atoms with Crippen molar-refractivity contribution in [3.63, 3.8) is 0 Å². The molecule has 0 spiro atoms. The quantitative estimate of drug-likeness (QED) is 0.763. The molecule has 3 rings (SSSR count). The van der Waals surface area contributed by atoms with Crippen LogP contribution in [-0.2, 0) is 14.3 Å². The highest BCUT2D eigenvalue weighted by atomic mass is 16.5. The molecule has 0 bridgehead atoms. The van der Waals surface area contributed by atoms with E-state index in [1.165, 1.54) is 0 Å². The SMILES string of the molecule is COc1ccc(C(CNC(=O)C2CNCCO2)N2CCOCC2)cc1. The van der Waals surface area contributed by atoms with Crippen LogP contribution in [0, 0.1) is 0 Å². The lowest BCUT2D eigenvalue weighted by Gasteiger charge is -2.35. The molecule has 0 aromatic heterocycles. The van der Waals surface area contributed by atoms with Gasteiger partial charge in [-0.2, -0.15) is 0 Å². The number of carbonyl (C=O) groups excluding carboxylic acids is 1. The topological polar surface area (TPSA) is 72.1 Å². The third-order valence-corrected chi connectivity index (χ3v) is 4.68. The van der Waals surface area contributed by atoms with E-state index in [1.807, 2.05) is 12.1 Å². The molecule has 2 heterocycles. The van der Waals surface area contributed by atoms with Crippen LogP contribution in [0.15, 0.2) is 24.3 Å². The lowest BCUT2D eigenvalue weighted by Crippen LogP contribution is -2.50. The molecular formula is C18H27N3O4. The van der Waals surface area contributed by atoms with Crippen molar-refractivity contribution in [2.45, 2.75) is 12.1 Å². The Kier molecular flexibility index (Phi) is 6.63. The fraction of sp³-hybridized carbons (Fsp3) is 0.611. The number of rotatable bonds is 6. The molecule has 2 aliphatic rings. The molecule has 138 valence electrons. The van der Waals surface area contributed by atoms with Gasteiger partial charge in [-0.15, -0.1) is 0 Å². The molecule has 1 aromatic rings. The van der Waals surface area contributed by atoms with Crippen molar-refractivity contribution >= 4 is 5.91 Å². The standard InChI is InChI=1S/C18H27N3O4/c1-23-15-4-2-14(3-5-15)16(21-7-10-24-11-8-21)12-20-18(22)17-13-19-6-9-25-17/h2-5,16-17,19H,6-13H2,1H3,(H,20,22). The van der Waals surface area contributed by atoms with Crippen LogP contribution in [0.25, 0.3) is 0 Å². The van der Waals surface area contributed by atoms with E-state index in [-0.39, 0.29) is 11.9 Å². The second-order valence-corrected chi connectivity index (χ2v) is 6.25. The third kappa shape index (κ3) is 4.92. The number of morpholine rings is 2. The number of ether oxygens (including phenoxy) is 3. The summed E-state index contributed by atoms with van der Waals surface area (Å²) in [5.41, 5.74) is 1.16. The largest absolute Gasteiger partial charge is 0.497 e. The third-order valence-electron chi connectivity index (χ3n) is 4.68. The molecule has 2 atom stereocenters. The molecule has 2 fully saturated rings. The first-order valence-electron chi connectivity index (χ1n) is 8.83. The first-order valence-corrected chi connectivity index (χ1v) is 8.83. The Morgan fingerprint density at radius 3 is 2.72 bits per heavy atom. The predicted octanol–water partition coefficient (Wildman–Crippen LogP) is 0.173. The maximum Gasteiger partial charge on any atom is 0.250 e. The molecule has 7 nitrogen and oxygen atoms in total. The molecular weight excluding hydrogens is 322 g/mol. The smallest absolute Gasteiger partial charge is 0.250 e. The highest BCUT2D eigenvalue weighted by Crippen LogP contribution is 2.23. The Labute approximate surface area is 148 Å². The number of hydrogen-bond donors (Lipinski definition) is 2. The van der Waals surface area contributed by atoms with Gasteiger partial charge in [0.05, 0.1) is 33.0 Å². The van der Waals surface area contributed by atoms with Crippen LogP contribution in [0.3, 0.4) is 0 Å². The minimum absolute atomic E-state index is 0.0565. The summed E-state index contributed by atoms with van der Waals surface area (Å²) in [5.74, 6) is 0.772. The molecule has 7 heteroatoms. The van der Waals surface area contributed by atoms with Crippen molar-refractivity contribution in [2.75, 3.05) is 59.7 Å². The Hall–Kier alpha value is -1.67. The molecule has 0 aliphatic carbocycles. The van der Waals surface area contributed by atoms with Crippen LogP contribution in [0.2, 0.25) is 0 Å². The average Bonchev–Trinajstić information content (AvgIpc) is 2.70. The minimum atomic E-state index is -0.407. The second kappa shape index (κ2) is 9.15. The molecule has 0 radical (unpaired) electrons. The van der Waals surface area contributed by atoms with Gasteiger partial charge in [-0.1, -0.05) is 12.1 Å². The predicted molar refractivity (Wildman–Crippen MR) is 93.7 cm³/mol. The van der Waals surface area contributed by atoms with E-state index in [1.54, 1.807) is 7.11 Å². The van der Waals surface area contributed by atoms with Gasteiger partial charge in [0.2, 0.25) is 0 Å². The van der Waals surface area contributed by atoms with E-state index in [0.29, 0.717) is 19.7 Å². The minimum Gasteiger partial charge on any atom is -0.497 e. The molecule has 0 saturated carbocycles. The van der Waals surface area contributed by atoms with Crippen LogP contribution >= 0.6 is 0 Å². The maximum absolute atomic E-state index is 12.4. The fourth-order valence-corrected chi connectivity index (χ4v) is 3.22. The summed E-state index contributed by atoms with van der Waals surface area (Å²) in [7, 11) is 1.66. The maximum atomic E-state index is 12.4. The zero-order valence-corrected chi connectivity index (χ0v) is 14.7. The van der Waals surface area contributed by atoms with Crippen molar-refractivity contribution in [3.05, 3.63) is 29.8 Å². The molecule has 25 heavy (non-hydrogen) atoms. The van der Waals surface area contributed by atoms with Crippen molar-refractivity contribution < 1.29 is 19.0 Å². The summed E-state index contributed by atoms with van der Waals surface area (Å²) in [4.78, 5) is 14.7. The molecule has 2 N–H and O–H groups in total. The lowest BCUT2D eigenvalue weighted by atomic mass is 10.0. The zero-order chi connectivity index (χ0) is 17.5. The Bertz CT molecular complexity index is 540. The van der Waals surface area contributed by atoms with Gasteiger partial charge in [0.1, 0.15) is 11.9 Å². The number of nitrogens with one attached hydrogen (secondary N) is 2. The normalized spacial score (nSPS) is 23.0. The Morgan fingerprint density at radius 1 is 1.32 bits per heavy atom. The van der Waals surface area contributed by atoms with Gasteiger partial charge < -0.3 is 24.8 Å². The molecule has 2 saturated heterocycles. The van der Waals surface area contributed by atoms with Crippen LogP contribution in [0.4, 0.5) is 0 Å². The average molecular weight is 349 g/mol. The Balaban J connectivity index is 1.65. The van der Waals surface area contributed by atoms with Crippen molar-refractivity contribution in [3.8, 4) is 5.75 Å². The number of methoxy groups -OCH3 is 1. The van der Waals surface area contributed by atoms with Gasteiger partial charge in [0, 0.05) is 32.7 Å². The molecule has 2 aliphatic heterocycles. The second-order valence-electron chi connectivity index (χ2n) is 6.25. The monoisotopic (exact) mass is 349 g/mol. The summed E-state index contributed by atoms with van der Waals surface area (Å²) in [6.07, 6.45) is -0.407. The summed E-state index contributed by atoms with van der Waals surface area (Å²) in [6.45, 7) is 5.63. The van der Waals surface area contributed by atoms with Crippen LogP contribution < -0.4 is 15.4 Å². The summed E-state index contributed by atoms with van der Waals surface area (Å²) < 4.78 is 16.2. The van der Waals surface area contributed by atoms with Gasteiger partial charge in [-0.3, -0.25) is 9.69 Å². The van der Waals surface area contributed by atoms with Gasteiger partial charge in [0.25, 0.3) is 5.91 Å². The van der Waals surface area contributed by atoms with Gasteiger partial charge in [-0.05, 0) is 17.7 Å². The summed E-state index contributed by atoms with van der Waals surface area (Å²) in [5, 5.41) is 6.24. The van der Waals surface area contributed by atoms with E-state index in [4.69, 9.17) is 14.2 Å². The van der Waals surface area contributed by atoms with Crippen molar-refractivity contribution in [1.82, 2.24) is 15.5 Å². The molecule has 1 aromatic carbocycles. The first kappa shape index (κ1) is 18.1. The summed E-state index contributed by atoms with van der Waals surface area (Å²) >= 11 is 0.